The van der Waals surface area contributed by atoms with E-state index in [1.165, 1.54) is 7.11 Å². The molecular formula is C12H12N2O2. The molecule has 16 heavy (non-hydrogen) atoms. The highest BCUT2D eigenvalue weighted by Crippen LogP contribution is 2.14. The van der Waals surface area contributed by atoms with Crippen LogP contribution in [0.15, 0.2) is 36.5 Å². The molecule has 0 unspecified atom stereocenters. The van der Waals surface area contributed by atoms with Gasteiger partial charge in [0.2, 0.25) is 0 Å². The number of aryl methyl sites for hydroxylation is 1. The summed E-state index contributed by atoms with van der Waals surface area (Å²) in [6.07, 6.45) is 1.65. The van der Waals surface area contributed by atoms with Gasteiger partial charge in [-0.3, -0.25) is 0 Å². The SMILES string of the molecule is COC(=O)c1c(C)cnn1-c1ccccc1. The van der Waals surface area contributed by atoms with E-state index in [1.807, 2.05) is 37.3 Å². The lowest BCUT2D eigenvalue weighted by molar-refractivity contribution is 0.0589. The van der Waals surface area contributed by atoms with Gasteiger partial charge in [0, 0.05) is 5.56 Å². The van der Waals surface area contributed by atoms with Crippen LogP contribution in [0.4, 0.5) is 0 Å². The summed E-state index contributed by atoms with van der Waals surface area (Å²) in [4.78, 5) is 11.6. The van der Waals surface area contributed by atoms with Crippen LogP contribution in [0.2, 0.25) is 0 Å². The number of esters is 1. The van der Waals surface area contributed by atoms with Crippen molar-refractivity contribution in [3.63, 3.8) is 0 Å². The number of carbonyl (C=O) groups excluding carboxylic acids is 1. The molecule has 0 aliphatic carbocycles. The summed E-state index contributed by atoms with van der Waals surface area (Å²) in [5.41, 5.74) is 2.11. The molecule has 0 saturated carbocycles. The van der Waals surface area contributed by atoms with Crippen molar-refractivity contribution in [2.45, 2.75) is 6.92 Å². The zero-order valence-corrected chi connectivity index (χ0v) is 9.18. The average Bonchev–Trinajstić information content (AvgIpc) is 2.71. The number of rotatable bonds is 2. The van der Waals surface area contributed by atoms with Crippen molar-refractivity contribution in [3.8, 4) is 5.69 Å². The van der Waals surface area contributed by atoms with Gasteiger partial charge in [-0.25, -0.2) is 9.48 Å². The Hall–Kier alpha value is -2.10. The fourth-order valence-electron chi connectivity index (χ4n) is 1.54. The standard InChI is InChI=1S/C12H12N2O2/c1-9-8-13-14(11(9)12(15)16-2)10-6-4-3-5-7-10/h3-8H,1-2H3. The van der Waals surface area contributed by atoms with Gasteiger partial charge in [0.1, 0.15) is 0 Å². The quantitative estimate of drug-likeness (QED) is 0.721. The molecule has 0 spiro atoms. The first-order valence-electron chi connectivity index (χ1n) is 4.92. The van der Waals surface area contributed by atoms with Crippen molar-refractivity contribution in [2.75, 3.05) is 7.11 Å². The van der Waals surface area contributed by atoms with Gasteiger partial charge in [-0.05, 0) is 19.1 Å². The molecule has 0 atom stereocenters. The van der Waals surface area contributed by atoms with E-state index in [-0.39, 0.29) is 5.97 Å². The number of para-hydroxylation sites is 1. The van der Waals surface area contributed by atoms with Crippen molar-refractivity contribution < 1.29 is 9.53 Å². The van der Waals surface area contributed by atoms with E-state index < -0.39 is 0 Å². The fourth-order valence-corrected chi connectivity index (χ4v) is 1.54. The first-order valence-corrected chi connectivity index (χ1v) is 4.92. The second kappa shape index (κ2) is 4.18. The van der Waals surface area contributed by atoms with E-state index in [0.717, 1.165) is 11.3 Å². The first-order chi connectivity index (χ1) is 7.74. The van der Waals surface area contributed by atoms with Crippen LogP contribution in [0.5, 0.6) is 0 Å². The van der Waals surface area contributed by atoms with E-state index in [9.17, 15) is 4.79 Å². The number of benzene rings is 1. The fraction of sp³-hybridized carbons (Fsp3) is 0.167. The molecule has 0 aliphatic heterocycles. The van der Waals surface area contributed by atoms with Gasteiger partial charge < -0.3 is 4.74 Å². The lowest BCUT2D eigenvalue weighted by Crippen LogP contribution is -2.11. The molecule has 0 saturated heterocycles. The van der Waals surface area contributed by atoms with Crippen molar-refractivity contribution in [3.05, 3.63) is 47.8 Å². The number of nitrogens with zero attached hydrogens (tertiary/aromatic N) is 2. The largest absolute Gasteiger partial charge is 0.464 e. The molecule has 0 N–H and O–H groups in total. The monoisotopic (exact) mass is 216 g/mol. The number of hydrogen-bond acceptors (Lipinski definition) is 3. The first kappa shape index (κ1) is 10.4. The second-order valence-corrected chi connectivity index (χ2v) is 3.42. The van der Waals surface area contributed by atoms with E-state index in [0.29, 0.717) is 5.69 Å². The normalized spacial score (nSPS) is 10.1. The van der Waals surface area contributed by atoms with Gasteiger partial charge in [-0.15, -0.1) is 0 Å². The predicted octanol–water partition coefficient (Wildman–Crippen LogP) is 1.97. The maximum Gasteiger partial charge on any atom is 0.357 e. The summed E-state index contributed by atoms with van der Waals surface area (Å²) in [5, 5.41) is 4.17. The highest BCUT2D eigenvalue weighted by Gasteiger charge is 2.17. The highest BCUT2D eigenvalue weighted by atomic mass is 16.5. The third-order valence-electron chi connectivity index (χ3n) is 2.33. The average molecular weight is 216 g/mol. The molecule has 0 aliphatic rings. The zero-order chi connectivity index (χ0) is 11.5. The minimum Gasteiger partial charge on any atom is -0.464 e. The summed E-state index contributed by atoms with van der Waals surface area (Å²) < 4.78 is 6.32. The molecule has 4 nitrogen and oxygen atoms in total. The molecule has 2 aromatic rings. The third kappa shape index (κ3) is 1.69. The van der Waals surface area contributed by atoms with Crippen molar-refractivity contribution in [1.29, 1.82) is 0 Å². The molecule has 2 rings (SSSR count). The number of ether oxygens (including phenoxy) is 1. The smallest absolute Gasteiger partial charge is 0.357 e. The summed E-state index contributed by atoms with van der Waals surface area (Å²) in [6, 6.07) is 9.48. The Morgan fingerprint density at radius 1 is 1.31 bits per heavy atom. The van der Waals surface area contributed by atoms with Crippen LogP contribution in [0.3, 0.4) is 0 Å². The lowest BCUT2D eigenvalue weighted by Gasteiger charge is -2.06. The van der Waals surface area contributed by atoms with E-state index in [1.54, 1.807) is 10.9 Å². The van der Waals surface area contributed by atoms with Crippen LogP contribution < -0.4 is 0 Å². The van der Waals surface area contributed by atoms with Crippen molar-refractivity contribution >= 4 is 5.97 Å². The molecule has 0 amide bonds. The molecule has 0 bridgehead atoms. The van der Waals surface area contributed by atoms with Crippen LogP contribution in [0.1, 0.15) is 16.1 Å². The topological polar surface area (TPSA) is 44.1 Å². The molecule has 1 aromatic carbocycles. The van der Waals surface area contributed by atoms with Crippen LogP contribution >= 0.6 is 0 Å². The molecule has 0 fully saturated rings. The van der Waals surface area contributed by atoms with Gasteiger partial charge >= 0.3 is 5.97 Å². The molecular weight excluding hydrogens is 204 g/mol. The van der Waals surface area contributed by atoms with Gasteiger partial charge in [0.15, 0.2) is 5.69 Å². The number of hydrogen-bond donors (Lipinski definition) is 0. The zero-order valence-electron chi connectivity index (χ0n) is 9.18. The highest BCUT2D eigenvalue weighted by molar-refractivity contribution is 5.89. The van der Waals surface area contributed by atoms with E-state index >= 15 is 0 Å². The third-order valence-corrected chi connectivity index (χ3v) is 2.33. The van der Waals surface area contributed by atoms with Gasteiger partial charge in [-0.2, -0.15) is 5.10 Å². The van der Waals surface area contributed by atoms with Gasteiger partial charge in [-0.1, -0.05) is 18.2 Å². The molecule has 1 heterocycles. The number of carbonyl (C=O) groups is 1. The van der Waals surface area contributed by atoms with Gasteiger partial charge in [0.25, 0.3) is 0 Å². The van der Waals surface area contributed by atoms with E-state index in [4.69, 9.17) is 4.74 Å². The van der Waals surface area contributed by atoms with Crippen molar-refractivity contribution in [2.24, 2.45) is 0 Å². The maximum atomic E-state index is 11.6. The Labute approximate surface area is 93.5 Å². The lowest BCUT2D eigenvalue weighted by atomic mass is 10.2. The second-order valence-electron chi connectivity index (χ2n) is 3.42. The van der Waals surface area contributed by atoms with Crippen LogP contribution in [-0.4, -0.2) is 22.9 Å². The number of aromatic nitrogens is 2. The molecule has 1 aromatic heterocycles. The van der Waals surface area contributed by atoms with Crippen LogP contribution in [0.25, 0.3) is 5.69 Å². The maximum absolute atomic E-state index is 11.6. The predicted molar refractivity (Wildman–Crippen MR) is 59.6 cm³/mol. The van der Waals surface area contributed by atoms with Crippen LogP contribution in [-0.2, 0) is 4.74 Å². The van der Waals surface area contributed by atoms with Crippen molar-refractivity contribution in [1.82, 2.24) is 9.78 Å². The van der Waals surface area contributed by atoms with E-state index in [2.05, 4.69) is 5.10 Å². The minimum atomic E-state index is -0.376. The summed E-state index contributed by atoms with van der Waals surface area (Å²) in [6.45, 7) is 1.83. The minimum absolute atomic E-state index is 0.376. The Kier molecular flexibility index (Phi) is 2.72. The summed E-state index contributed by atoms with van der Waals surface area (Å²) >= 11 is 0. The summed E-state index contributed by atoms with van der Waals surface area (Å²) in [5.74, 6) is -0.376. The number of methoxy groups -OCH3 is 1. The molecule has 82 valence electrons. The summed E-state index contributed by atoms with van der Waals surface area (Å²) in [7, 11) is 1.37. The molecule has 0 radical (unpaired) electrons. The van der Waals surface area contributed by atoms with Gasteiger partial charge in [0.05, 0.1) is 19.0 Å². The van der Waals surface area contributed by atoms with Crippen LogP contribution in [0, 0.1) is 6.92 Å². The molecule has 4 heteroatoms. The Morgan fingerprint density at radius 3 is 2.62 bits per heavy atom. The Bertz CT molecular complexity index is 503. The Balaban J connectivity index is 2.55. The Morgan fingerprint density at radius 2 is 2.00 bits per heavy atom.